The highest BCUT2D eigenvalue weighted by Gasteiger charge is 2.29. The average Bonchev–Trinajstić information content (AvgIpc) is 3.18. The van der Waals surface area contributed by atoms with Crippen LogP contribution in [0.3, 0.4) is 0 Å². The second-order valence-corrected chi connectivity index (χ2v) is 17.2. The van der Waals surface area contributed by atoms with Crippen molar-refractivity contribution in [3.05, 3.63) is 114 Å². The topological polar surface area (TPSA) is 115 Å². The van der Waals surface area contributed by atoms with Gasteiger partial charge in [-0.3, -0.25) is 19.2 Å². The number of rotatable bonds is 10. The van der Waals surface area contributed by atoms with E-state index in [9.17, 15) is 29.4 Å². The molecule has 57 heavy (non-hydrogen) atoms. The summed E-state index contributed by atoms with van der Waals surface area (Å²) in [5.41, 5.74) is 3.37. The number of hydrogen-bond donors (Lipinski definition) is 2. The first kappa shape index (κ1) is 42.9. The minimum Gasteiger partial charge on any atom is -0.481 e. The maximum Gasteiger partial charge on any atom is 0.308 e. The third kappa shape index (κ3) is 10.1. The van der Waals surface area contributed by atoms with Crippen LogP contribution in [-0.4, -0.2) is 69.9 Å². The predicted octanol–water partition coefficient (Wildman–Crippen LogP) is 11.8. The Morgan fingerprint density at radius 1 is 0.596 bits per heavy atom. The highest BCUT2D eigenvalue weighted by Crippen LogP contribution is 2.48. The van der Waals surface area contributed by atoms with Gasteiger partial charge in [-0.1, -0.05) is 106 Å². The number of nitrogens with zero attached hydrogens (tertiary/aromatic N) is 2. The number of aliphatic carboxylic acids is 2. The molecule has 296 valence electrons. The molecule has 2 amide bonds. The summed E-state index contributed by atoms with van der Waals surface area (Å²) < 4.78 is 0. The van der Waals surface area contributed by atoms with Crippen LogP contribution in [0.4, 0.5) is 0 Å². The zero-order valence-corrected chi connectivity index (χ0v) is 35.3. The largest absolute Gasteiger partial charge is 0.481 e. The lowest BCUT2D eigenvalue weighted by Gasteiger charge is -2.29. The second-order valence-electron chi connectivity index (χ2n) is 13.6. The van der Waals surface area contributed by atoms with E-state index in [2.05, 4.69) is 0 Å². The summed E-state index contributed by atoms with van der Waals surface area (Å²) >= 11 is 41.7. The molecule has 2 saturated heterocycles. The van der Waals surface area contributed by atoms with Gasteiger partial charge in [0.25, 0.3) is 0 Å². The van der Waals surface area contributed by atoms with Gasteiger partial charge in [-0.25, -0.2) is 0 Å². The van der Waals surface area contributed by atoms with Crippen molar-refractivity contribution in [3.63, 3.8) is 0 Å². The van der Waals surface area contributed by atoms with Gasteiger partial charge in [-0.15, -0.1) is 0 Å². The summed E-state index contributed by atoms with van der Waals surface area (Å²) in [5, 5.41) is 21.2. The molecule has 2 fully saturated rings. The summed E-state index contributed by atoms with van der Waals surface area (Å²) in [6, 6.07) is 17.2. The second kappa shape index (κ2) is 18.9. The van der Waals surface area contributed by atoms with Crippen LogP contribution in [0.15, 0.2) is 82.6 Å². The highest BCUT2D eigenvalue weighted by atomic mass is 35.5. The number of carbonyl (C=O) groups is 4. The van der Waals surface area contributed by atoms with Gasteiger partial charge in [0.05, 0.1) is 21.9 Å². The number of likely N-dealkylation sites (tertiary alicyclic amines) is 2. The van der Waals surface area contributed by atoms with Crippen molar-refractivity contribution in [2.24, 2.45) is 11.8 Å². The predicted molar refractivity (Wildman–Crippen MR) is 230 cm³/mol. The Bertz CT molecular complexity index is 2160. The number of carboxylic acids is 2. The maximum absolute atomic E-state index is 13.2. The average molecular weight is 908 g/mol. The van der Waals surface area contributed by atoms with Gasteiger partial charge in [-0.2, -0.15) is 0 Å². The van der Waals surface area contributed by atoms with E-state index in [-0.39, 0.29) is 24.9 Å². The standard InChI is InChI=1S/C42H34Cl6N2O6S/c43-27-9-11-29(31(45)19-27)37-23(7-15-35(51)49-17-1-3-25(21-49)41(53)54)5-13-33(39(37)47)57-34-14-6-24(38(40(34)48)30-12-10-28(44)20-32(30)46)8-16-36(52)50-18-2-4-26(22-50)42(55)56/h5-16,19-20,25-26H,1-4,17-18,21-22H2,(H,53,54)(H,55,56). The van der Waals surface area contributed by atoms with Gasteiger partial charge in [0, 0.05) is 90.5 Å². The maximum atomic E-state index is 13.2. The van der Waals surface area contributed by atoms with E-state index in [0.717, 1.165) is 0 Å². The first-order chi connectivity index (χ1) is 27.2. The van der Waals surface area contributed by atoms with Crippen LogP contribution >= 0.6 is 81.4 Å². The Kier molecular flexibility index (Phi) is 14.3. The molecule has 0 aliphatic carbocycles. The fraction of sp³-hybridized carbons (Fsp3) is 0.238. The molecule has 15 heteroatoms. The van der Waals surface area contributed by atoms with Crippen molar-refractivity contribution >= 4 is 117 Å². The molecule has 0 bridgehead atoms. The molecule has 4 aromatic rings. The van der Waals surface area contributed by atoms with Gasteiger partial charge < -0.3 is 20.0 Å². The molecule has 2 aliphatic heterocycles. The number of carbonyl (C=O) groups excluding carboxylic acids is 2. The third-order valence-corrected chi connectivity index (χ3v) is 13.1. The highest BCUT2D eigenvalue weighted by molar-refractivity contribution is 7.99. The fourth-order valence-electron chi connectivity index (χ4n) is 6.92. The van der Waals surface area contributed by atoms with Gasteiger partial charge in [-0.05, 0) is 85.4 Å². The molecule has 0 radical (unpaired) electrons. The minimum absolute atomic E-state index is 0.130. The lowest BCUT2D eigenvalue weighted by atomic mass is 9.97. The minimum atomic E-state index is -0.925. The van der Waals surface area contributed by atoms with Crippen LogP contribution in [0.5, 0.6) is 0 Å². The van der Waals surface area contributed by atoms with E-state index < -0.39 is 23.8 Å². The van der Waals surface area contributed by atoms with E-state index in [1.54, 1.807) is 72.8 Å². The molecular weight excluding hydrogens is 873 g/mol. The first-order valence-corrected chi connectivity index (χ1v) is 20.9. The third-order valence-electron chi connectivity index (χ3n) is 9.87. The van der Waals surface area contributed by atoms with Gasteiger partial charge >= 0.3 is 11.9 Å². The van der Waals surface area contributed by atoms with Crippen LogP contribution in [0, 0.1) is 11.8 Å². The molecule has 0 saturated carbocycles. The van der Waals surface area contributed by atoms with E-state index >= 15 is 0 Å². The summed E-state index contributed by atoms with van der Waals surface area (Å²) in [4.78, 5) is 54.0. The van der Waals surface area contributed by atoms with E-state index in [1.165, 1.54) is 33.7 Å². The van der Waals surface area contributed by atoms with Crippen LogP contribution in [0.25, 0.3) is 34.4 Å². The molecule has 0 aromatic heterocycles. The van der Waals surface area contributed by atoms with Gasteiger partial charge in [0.15, 0.2) is 0 Å². The normalized spacial score (nSPS) is 17.4. The summed E-state index contributed by atoms with van der Waals surface area (Å²) in [5.74, 6) is -3.72. The molecule has 2 N–H and O–H groups in total. The summed E-state index contributed by atoms with van der Waals surface area (Å²) in [7, 11) is 0. The number of carboxylic acid groups (broad SMARTS) is 2. The van der Waals surface area contributed by atoms with Crippen LogP contribution < -0.4 is 0 Å². The van der Waals surface area contributed by atoms with Crippen molar-refractivity contribution in [2.45, 2.75) is 35.5 Å². The number of hydrogen-bond acceptors (Lipinski definition) is 5. The Balaban J connectivity index is 1.37. The molecule has 2 heterocycles. The Morgan fingerprint density at radius 3 is 1.37 bits per heavy atom. The summed E-state index contributed by atoms with van der Waals surface area (Å²) in [6.07, 6.45) is 8.30. The van der Waals surface area contributed by atoms with E-state index in [1.807, 2.05) is 0 Å². The molecule has 6 rings (SSSR count). The molecule has 8 nitrogen and oxygen atoms in total. The molecule has 4 aromatic carbocycles. The number of benzene rings is 4. The Morgan fingerprint density at radius 2 is 1.00 bits per heavy atom. The SMILES string of the molecule is O=C(O)C1CCCN(C(=O)C=Cc2ccc(Sc3ccc(C=CC(=O)N4CCCC(C(=O)O)C4)c(-c4ccc(Cl)cc4Cl)c3Cl)c(Cl)c2-c2ccc(Cl)cc2Cl)C1. The Labute approximate surface area is 363 Å². The van der Waals surface area contributed by atoms with E-state index in [4.69, 9.17) is 69.6 Å². The molecular formula is C42H34Cl6N2O6S. The summed E-state index contributed by atoms with van der Waals surface area (Å²) in [6.45, 7) is 1.18. The van der Waals surface area contributed by atoms with Gasteiger partial charge in [0.1, 0.15) is 0 Å². The zero-order valence-electron chi connectivity index (χ0n) is 30.0. The Hall–Kier alpha value is -3.67. The van der Waals surface area contributed by atoms with Crippen molar-refractivity contribution < 1.29 is 29.4 Å². The van der Waals surface area contributed by atoms with Crippen molar-refractivity contribution in [1.29, 1.82) is 0 Å². The number of halogens is 6. The van der Waals surface area contributed by atoms with E-state index in [0.29, 0.717) is 112 Å². The lowest BCUT2D eigenvalue weighted by Crippen LogP contribution is -2.41. The molecule has 2 atom stereocenters. The van der Waals surface area contributed by atoms with Crippen molar-refractivity contribution in [2.75, 3.05) is 26.2 Å². The van der Waals surface area contributed by atoms with Crippen LogP contribution in [-0.2, 0) is 19.2 Å². The quantitative estimate of drug-likeness (QED) is 0.152. The fourth-order valence-corrected chi connectivity index (χ4v) is 9.60. The zero-order chi connectivity index (χ0) is 41.0. The monoisotopic (exact) mass is 904 g/mol. The number of piperidine rings is 2. The first-order valence-electron chi connectivity index (χ1n) is 17.8. The van der Waals surface area contributed by atoms with Crippen molar-refractivity contribution in [1.82, 2.24) is 9.80 Å². The van der Waals surface area contributed by atoms with Crippen LogP contribution in [0.2, 0.25) is 30.1 Å². The molecule has 0 spiro atoms. The number of amides is 2. The lowest BCUT2D eigenvalue weighted by molar-refractivity contribution is -0.146. The van der Waals surface area contributed by atoms with Gasteiger partial charge in [0.2, 0.25) is 11.8 Å². The smallest absolute Gasteiger partial charge is 0.308 e. The molecule has 2 unspecified atom stereocenters. The molecule has 2 aliphatic rings. The van der Waals surface area contributed by atoms with Crippen molar-refractivity contribution in [3.8, 4) is 22.3 Å². The van der Waals surface area contributed by atoms with Crippen LogP contribution in [0.1, 0.15) is 36.8 Å².